The highest BCUT2D eigenvalue weighted by Crippen LogP contribution is 2.24. The van der Waals surface area contributed by atoms with E-state index in [1.807, 2.05) is 0 Å². The van der Waals surface area contributed by atoms with E-state index in [0.717, 1.165) is 12.1 Å². The molecule has 2 aromatic rings. The molecule has 29 heavy (non-hydrogen) atoms. The van der Waals surface area contributed by atoms with Crippen LogP contribution in [0.25, 0.3) is 0 Å². The maximum atomic E-state index is 13.6. The summed E-state index contributed by atoms with van der Waals surface area (Å²) in [5, 5.41) is 2.15. The Bertz CT molecular complexity index is 1050. The third-order valence-corrected chi connectivity index (χ3v) is 4.50. The molecule has 0 atom stereocenters. The van der Waals surface area contributed by atoms with Crippen LogP contribution in [0, 0.1) is 18.2 Å². The van der Waals surface area contributed by atoms with Crippen molar-refractivity contribution in [2.75, 3.05) is 38.0 Å². The summed E-state index contributed by atoms with van der Waals surface area (Å²) < 4.78 is 50.3. The normalized spacial score (nSPS) is 10.6. The van der Waals surface area contributed by atoms with E-state index < -0.39 is 26.8 Å². The number of hydrogen-bond acceptors (Lipinski definition) is 9. The number of terminal acetylenes is 1. The minimum absolute atomic E-state index is 0.100. The topological polar surface area (TPSA) is 136 Å². The number of amides is 2. The molecule has 0 aliphatic rings. The third kappa shape index (κ3) is 5.66. The molecule has 2 amide bonds. The van der Waals surface area contributed by atoms with Gasteiger partial charge in [-0.3, -0.25) is 5.32 Å². The molecule has 0 bridgehead atoms. The molecule has 0 saturated carbocycles. The molecule has 0 aliphatic carbocycles. The lowest BCUT2D eigenvalue weighted by atomic mass is 10.3. The number of nitrogens with zero attached hydrogens (tertiary/aromatic N) is 4. The maximum absolute atomic E-state index is 13.6. The summed E-state index contributed by atoms with van der Waals surface area (Å²) in [6.07, 6.45) is 5.08. The van der Waals surface area contributed by atoms with Gasteiger partial charge >= 0.3 is 12.0 Å². The Kier molecular flexibility index (Phi) is 6.73. The van der Waals surface area contributed by atoms with E-state index in [-0.39, 0.29) is 30.3 Å². The fourth-order valence-corrected chi connectivity index (χ4v) is 2.99. The second-order valence-corrected chi connectivity index (χ2v) is 7.13. The summed E-state index contributed by atoms with van der Waals surface area (Å²) in [7, 11) is 0.0837. The van der Waals surface area contributed by atoms with Crippen LogP contribution in [0.3, 0.4) is 0 Å². The molecule has 1 aromatic carbocycles. The van der Waals surface area contributed by atoms with Gasteiger partial charge in [-0.2, -0.15) is 15.0 Å². The van der Waals surface area contributed by atoms with Crippen LogP contribution in [0.5, 0.6) is 11.8 Å². The lowest BCUT2D eigenvalue weighted by Gasteiger charge is -2.14. The Morgan fingerprint density at radius 1 is 1.31 bits per heavy atom. The Morgan fingerprint density at radius 2 is 2.03 bits per heavy atom. The lowest BCUT2D eigenvalue weighted by molar-refractivity contribution is 0.256. The van der Waals surface area contributed by atoms with Crippen molar-refractivity contribution in [2.45, 2.75) is 4.90 Å². The molecule has 0 fully saturated rings. The summed E-state index contributed by atoms with van der Waals surface area (Å²) in [4.78, 5) is 24.8. The van der Waals surface area contributed by atoms with E-state index in [9.17, 15) is 17.6 Å². The van der Waals surface area contributed by atoms with Crippen molar-refractivity contribution >= 4 is 28.0 Å². The van der Waals surface area contributed by atoms with Crippen LogP contribution in [0.15, 0.2) is 23.1 Å². The third-order valence-electron chi connectivity index (χ3n) is 3.14. The zero-order valence-corrected chi connectivity index (χ0v) is 16.4. The number of sulfonamides is 1. The summed E-state index contributed by atoms with van der Waals surface area (Å²) in [5.41, 5.74) is 0. The first-order chi connectivity index (χ1) is 13.7. The van der Waals surface area contributed by atoms with E-state index in [1.54, 1.807) is 18.8 Å². The Balaban J connectivity index is 2.26. The second kappa shape index (κ2) is 9.02. The fraction of sp³-hybridized carbons (Fsp3) is 0.250. The smallest absolute Gasteiger partial charge is 0.335 e. The van der Waals surface area contributed by atoms with Crippen LogP contribution in [0.1, 0.15) is 0 Å². The van der Waals surface area contributed by atoms with Crippen LogP contribution in [-0.2, 0) is 10.0 Å². The SMILES string of the molecule is C#CCOc1ccc(F)cc1S(=O)(=O)NC(=O)Nc1nc(OC)nc(N(C)C)n1. The van der Waals surface area contributed by atoms with Crippen molar-refractivity contribution in [1.29, 1.82) is 0 Å². The van der Waals surface area contributed by atoms with Gasteiger partial charge in [0, 0.05) is 14.1 Å². The van der Waals surface area contributed by atoms with Crippen LogP contribution in [0.4, 0.5) is 21.1 Å². The summed E-state index contributed by atoms with van der Waals surface area (Å²) in [6, 6.07) is 1.47. The number of nitrogens with one attached hydrogen (secondary N) is 2. The Labute approximate surface area is 166 Å². The zero-order valence-electron chi connectivity index (χ0n) is 15.6. The number of carbonyl (C=O) groups is 1. The number of halogens is 1. The van der Waals surface area contributed by atoms with Crippen LogP contribution >= 0.6 is 0 Å². The number of rotatable bonds is 7. The average Bonchev–Trinajstić information content (AvgIpc) is 2.66. The molecule has 2 N–H and O–H groups in total. The zero-order chi connectivity index (χ0) is 21.6. The Morgan fingerprint density at radius 3 is 2.66 bits per heavy atom. The highest BCUT2D eigenvalue weighted by molar-refractivity contribution is 7.90. The summed E-state index contributed by atoms with van der Waals surface area (Å²) in [5.74, 6) is 0.978. The van der Waals surface area contributed by atoms with Crippen molar-refractivity contribution in [3.05, 3.63) is 24.0 Å². The monoisotopic (exact) mass is 424 g/mol. The lowest BCUT2D eigenvalue weighted by Crippen LogP contribution is -2.35. The predicted octanol–water partition coefficient (Wildman–Crippen LogP) is 0.608. The van der Waals surface area contributed by atoms with E-state index in [1.165, 1.54) is 12.0 Å². The molecule has 0 spiro atoms. The first kappa shape index (κ1) is 21.6. The minimum atomic E-state index is -4.51. The first-order valence-corrected chi connectivity index (χ1v) is 9.31. The van der Waals surface area contributed by atoms with Crippen molar-refractivity contribution in [1.82, 2.24) is 19.7 Å². The number of urea groups is 1. The van der Waals surface area contributed by atoms with Crippen molar-refractivity contribution < 1.29 is 27.1 Å². The van der Waals surface area contributed by atoms with E-state index in [4.69, 9.17) is 15.9 Å². The molecule has 0 radical (unpaired) electrons. The number of ether oxygens (including phenoxy) is 2. The van der Waals surface area contributed by atoms with Crippen molar-refractivity contribution in [2.24, 2.45) is 0 Å². The van der Waals surface area contributed by atoms with Gasteiger partial charge in [0.2, 0.25) is 11.9 Å². The van der Waals surface area contributed by atoms with Gasteiger partial charge in [-0.15, -0.1) is 6.42 Å². The van der Waals surface area contributed by atoms with Crippen LogP contribution in [-0.4, -0.2) is 57.2 Å². The highest BCUT2D eigenvalue weighted by atomic mass is 32.2. The quantitative estimate of drug-likeness (QED) is 0.613. The molecule has 154 valence electrons. The number of carbonyl (C=O) groups excluding carboxylic acids is 1. The van der Waals surface area contributed by atoms with Gasteiger partial charge in [0.05, 0.1) is 7.11 Å². The molecule has 11 nitrogen and oxygen atoms in total. The number of methoxy groups -OCH3 is 1. The fourth-order valence-electron chi connectivity index (χ4n) is 1.93. The molecule has 1 heterocycles. The summed E-state index contributed by atoms with van der Waals surface area (Å²) >= 11 is 0. The molecular weight excluding hydrogens is 407 g/mol. The maximum Gasteiger partial charge on any atom is 0.335 e. The summed E-state index contributed by atoms with van der Waals surface area (Å²) in [6.45, 7) is -0.252. The van der Waals surface area contributed by atoms with Crippen molar-refractivity contribution in [3.8, 4) is 24.1 Å². The van der Waals surface area contributed by atoms with Gasteiger partial charge in [-0.05, 0) is 18.2 Å². The van der Waals surface area contributed by atoms with E-state index >= 15 is 0 Å². The number of anilines is 2. The van der Waals surface area contributed by atoms with Gasteiger partial charge in [-0.1, -0.05) is 5.92 Å². The second-order valence-electron chi connectivity index (χ2n) is 5.48. The number of hydrogen-bond donors (Lipinski definition) is 2. The van der Waals surface area contributed by atoms with Gasteiger partial charge < -0.3 is 14.4 Å². The van der Waals surface area contributed by atoms with Gasteiger partial charge in [0.25, 0.3) is 10.0 Å². The molecular formula is C16H17FN6O5S. The van der Waals surface area contributed by atoms with Gasteiger partial charge in [0.1, 0.15) is 23.1 Å². The highest BCUT2D eigenvalue weighted by Gasteiger charge is 2.24. The molecule has 0 aliphatic heterocycles. The van der Waals surface area contributed by atoms with Gasteiger partial charge in [0.15, 0.2) is 0 Å². The van der Waals surface area contributed by atoms with Gasteiger partial charge in [-0.25, -0.2) is 22.3 Å². The van der Waals surface area contributed by atoms with Crippen LogP contribution < -0.4 is 24.4 Å². The van der Waals surface area contributed by atoms with Crippen molar-refractivity contribution in [3.63, 3.8) is 0 Å². The largest absolute Gasteiger partial charge is 0.480 e. The molecule has 2 rings (SSSR count). The van der Waals surface area contributed by atoms with Crippen LogP contribution in [0.2, 0.25) is 0 Å². The standard InChI is InChI=1S/C16H17FN6O5S/c1-5-8-28-11-7-6-10(17)9-12(11)29(25,26)22-15(24)19-13-18-14(23(2)3)21-16(20-13)27-4/h1,6-7,9H,8H2,2-4H3,(H2,18,19,20,21,22,24). The average molecular weight is 424 g/mol. The predicted molar refractivity (Wildman–Crippen MR) is 101 cm³/mol. The van der Waals surface area contributed by atoms with E-state index in [0.29, 0.717) is 6.07 Å². The Hall–Kier alpha value is -3.66. The number of aromatic nitrogens is 3. The number of benzene rings is 1. The minimum Gasteiger partial charge on any atom is -0.480 e. The molecule has 0 unspecified atom stereocenters. The molecule has 0 saturated heterocycles. The first-order valence-electron chi connectivity index (χ1n) is 7.83. The van der Waals surface area contributed by atoms with E-state index in [2.05, 4.69) is 26.2 Å². The molecule has 1 aromatic heterocycles. The molecule has 13 heteroatoms.